The highest BCUT2D eigenvalue weighted by Gasteiger charge is 2.27. The molecule has 1 unspecified atom stereocenters. The van der Waals surface area contributed by atoms with Gasteiger partial charge in [-0.15, -0.1) is 0 Å². The predicted molar refractivity (Wildman–Crippen MR) is 70.5 cm³/mol. The van der Waals surface area contributed by atoms with Crippen molar-refractivity contribution >= 4 is 5.97 Å². The highest BCUT2D eigenvalue weighted by Crippen LogP contribution is 2.38. The van der Waals surface area contributed by atoms with Crippen LogP contribution in [0.25, 0.3) is 0 Å². The summed E-state index contributed by atoms with van der Waals surface area (Å²) in [4.78, 5) is 11.5. The van der Waals surface area contributed by atoms with Crippen molar-refractivity contribution in [3.8, 4) is 0 Å². The summed E-state index contributed by atoms with van der Waals surface area (Å²) in [5, 5.41) is 0. The molecule has 1 fully saturated rings. The molecular weight excluding hydrogens is 228 g/mol. The molecule has 1 aromatic rings. The number of nitrogens with zero attached hydrogens (tertiary/aromatic N) is 1. The van der Waals surface area contributed by atoms with Gasteiger partial charge in [0.1, 0.15) is 6.04 Å². The maximum absolute atomic E-state index is 11.5. The summed E-state index contributed by atoms with van der Waals surface area (Å²) in [6.45, 7) is 6.40. The smallest absolute Gasteiger partial charge is 0.323 e. The lowest BCUT2D eigenvalue weighted by Gasteiger charge is -2.11. The van der Waals surface area contributed by atoms with Gasteiger partial charge in [-0.25, -0.2) is 0 Å². The molecule has 2 N–H and O–H groups in total. The van der Waals surface area contributed by atoms with Gasteiger partial charge in [0.15, 0.2) is 0 Å². The Bertz CT molecular complexity index is 447. The van der Waals surface area contributed by atoms with Crippen molar-refractivity contribution in [2.75, 3.05) is 6.61 Å². The highest BCUT2D eigenvalue weighted by molar-refractivity contribution is 5.75. The van der Waals surface area contributed by atoms with E-state index in [1.807, 2.05) is 0 Å². The van der Waals surface area contributed by atoms with Crippen molar-refractivity contribution in [1.29, 1.82) is 0 Å². The van der Waals surface area contributed by atoms with Crippen molar-refractivity contribution in [3.05, 3.63) is 23.0 Å². The van der Waals surface area contributed by atoms with E-state index >= 15 is 0 Å². The standard InChI is InChI=1S/C14H22N2O2/c1-4-18-14(17)13(15)8-11-7-9(2)16(10(11)3)12-5-6-12/h7,12-13H,4-6,8,15H2,1-3H3. The summed E-state index contributed by atoms with van der Waals surface area (Å²) in [5.41, 5.74) is 9.55. The van der Waals surface area contributed by atoms with Gasteiger partial charge in [-0.1, -0.05) is 0 Å². The van der Waals surface area contributed by atoms with Crippen LogP contribution in [-0.4, -0.2) is 23.2 Å². The first kappa shape index (κ1) is 13.1. The Morgan fingerprint density at radius 3 is 2.78 bits per heavy atom. The zero-order valence-electron chi connectivity index (χ0n) is 11.4. The van der Waals surface area contributed by atoms with Gasteiger partial charge in [0.05, 0.1) is 6.61 Å². The largest absolute Gasteiger partial charge is 0.465 e. The fraction of sp³-hybridized carbons (Fsp3) is 0.643. The van der Waals surface area contributed by atoms with Gasteiger partial charge in [-0.05, 0) is 51.7 Å². The third-order valence-electron chi connectivity index (χ3n) is 3.53. The van der Waals surface area contributed by atoms with E-state index < -0.39 is 6.04 Å². The van der Waals surface area contributed by atoms with Crippen LogP contribution >= 0.6 is 0 Å². The van der Waals surface area contributed by atoms with Crippen LogP contribution in [0.4, 0.5) is 0 Å². The number of rotatable bonds is 5. The summed E-state index contributed by atoms with van der Waals surface area (Å²) in [6, 6.07) is 2.25. The molecule has 1 heterocycles. The maximum Gasteiger partial charge on any atom is 0.323 e. The van der Waals surface area contributed by atoms with E-state index in [-0.39, 0.29) is 5.97 Å². The van der Waals surface area contributed by atoms with Crippen LogP contribution in [0.3, 0.4) is 0 Å². The van der Waals surface area contributed by atoms with Crippen LogP contribution in [0, 0.1) is 13.8 Å². The molecule has 0 amide bonds. The van der Waals surface area contributed by atoms with E-state index in [1.54, 1.807) is 6.92 Å². The Morgan fingerprint density at radius 1 is 1.56 bits per heavy atom. The van der Waals surface area contributed by atoms with Gasteiger partial charge in [0, 0.05) is 17.4 Å². The molecule has 100 valence electrons. The summed E-state index contributed by atoms with van der Waals surface area (Å²) >= 11 is 0. The Labute approximate surface area is 108 Å². The topological polar surface area (TPSA) is 57.2 Å². The quantitative estimate of drug-likeness (QED) is 0.812. The second kappa shape index (κ2) is 5.14. The number of hydrogen-bond acceptors (Lipinski definition) is 3. The van der Waals surface area contributed by atoms with Gasteiger partial charge >= 0.3 is 5.97 Å². The molecule has 0 aromatic carbocycles. The molecule has 18 heavy (non-hydrogen) atoms. The van der Waals surface area contributed by atoms with E-state index in [0.717, 1.165) is 0 Å². The Kier molecular flexibility index (Phi) is 3.76. The van der Waals surface area contributed by atoms with Crippen molar-refractivity contribution in [2.45, 2.75) is 52.1 Å². The van der Waals surface area contributed by atoms with Crippen LogP contribution in [0.15, 0.2) is 6.07 Å². The lowest BCUT2D eigenvalue weighted by molar-refractivity contribution is -0.144. The first-order chi connectivity index (χ1) is 8.54. The van der Waals surface area contributed by atoms with Gasteiger partial charge < -0.3 is 15.0 Å². The van der Waals surface area contributed by atoms with Crippen LogP contribution in [0.2, 0.25) is 0 Å². The summed E-state index contributed by atoms with van der Waals surface area (Å²) < 4.78 is 7.31. The number of aromatic nitrogens is 1. The molecule has 0 aliphatic heterocycles. The van der Waals surface area contributed by atoms with Gasteiger partial charge in [0.25, 0.3) is 0 Å². The van der Waals surface area contributed by atoms with Crippen LogP contribution < -0.4 is 5.73 Å². The number of carbonyl (C=O) groups excluding carboxylic acids is 1. The zero-order chi connectivity index (χ0) is 13.3. The Hall–Kier alpha value is -1.29. The van der Waals surface area contributed by atoms with E-state index in [0.29, 0.717) is 19.1 Å². The summed E-state index contributed by atoms with van der Waals surface area (Å²) in [5.74, 6) is -0.311. The number of aryl methyl sites for hydroxylation is 1. The molecule has 0 spiro atoms. The molecule has 4 nitrogen and oxygen atoms in total. The molecule has 4 heteroatoms. The second-order valence-corrected chi connectivity index (χ2v) is 5.06. The molecule has 2 rings (SSSR count). The number of ether oxygens (including phenoxy) is 1. The van der Waals surface area contributed by atoms with Crippen LogP contribution in [0.1, 0.15) is 42.8 Å². The lowest BCUT2D eigenvalue weighted by Crippen LogP contribution is -2.34. The average Bonchev–Trinajstić information content (AvgIpc) is 3.09. The van der Waals surface area contributed by atoms with Gasteiger partial charge in [-0.3, -0.25) is 4.79 Å². The fourth-order valence-corrected chi connectivity index (χ4v) is 2.52. The molecule has 0 saturated heterocycles. The number of carbonyl (C=O) groups is 1. The molecule has 0 bridgehead atoms. The van der Waals surface area contributed by atoms with E-state index in [1.165, 1.54) is 29.8 Å². The van der Waals surface area contributed by atoms with Crippen molar-refractivity contribution in [3.63, 3.8) is 0 Å². The minimum Gasteiger partial charge on any atom is -0.465 e. The minimum atomic E-state index is -0.557. The molecule has 1 saturated carbocycles. The monoisotopic (exact) mass is 250 g/mol. The molecule has 1 aliphatic carbocycles. The number of esters is 1. The third kappa shape index (κ3) is 2.58. The first-order valence-corrected chi connectivity index (χ1v) is 6.64. The third-order valence-corrected chi connectivity index (χ3v) is 3.53. The van der Waals surface area contributed by atoms with Gasteiger partial charge in [-0.2, -0.15) is 0 Å². The minimum absolute atomic E-state index is 0.311. The summed E-state index contributed by atoms with van der Waals surface area (Å²) in [7, 11) is 0. The number of hydrogen-bond donors (Lipinski definition) is 1. The van der Waals surface area contributed by atoms with Crippen LogP contribution in [-0.2, 0) is 16.0 Å². The van der Waals surface area contributed by atoms with Gasteiger partial charge in [0.2, 0.25) is 0 Å². The average molecular weight is 250 g/mol. The van der Waals surface area contributed by atoms with Crippen molar-refractivity contribution in [1.82, 2.24) is 4.57 Å². The molecule has 1 aliphatic rings. The fourth-order valence-electron chi connectivity index (χ4n) is 2.52. The van der Waals surface area contributed by atoms with Crippen LogP contribution in [0.5, 0.6) is 0 Å². The predicted octanol–water partition coefficient (Wildman–Crippen LogP) is 1.87. The molecule has 1 aromatic heterocycles. The van der Waals surface area contributed by atoms with Crippen molar-refractivity contribution in [2.24, 2.45) is 5.73 Å². The second-order valence-electron chi connectivity index (χ2n) is 5.06. The molecular formula is C14H22N2O2. The molecule has 1 atom stereocenters. The maximum atomic E-state index is 11.5. The molecule has 0 radical (unpaired) electrons. The van der Waals surface area contributed by atoms with Crippen molar-refractivity contribution < 1.29 is 9.53 Å². The van der Waals surface area contributed by atoms with E-state index in [4.69, 9.17) is 10.5 Å². The highest BCUT2D eigenvalue weighted by atomic mass is 16.5. The van der Waals surface area contributed by atoms with E-state index in [2.05, 4.69) is 24.5 Å². The SMILES string of the molecule is CCOC(=O)C(N)Cc1cc(C)n(C2CC2)c1C. The zero-order valence-corrected chi connectivity index (χ0v) is 11.4. The van der Waals surface area contributed by atoms with E-state index in [9.17, 15) is 4.79 Å². The Morgan fingerprint density at radius 2 is 2.22 bits per heavy atom. The lowest BCUT2D eigenvalue weighted by atomic mass is 10.1. The summed E-state index contributed by atoms with van der Waals surface area (Å²) in [6.07, 6.45) is 3.09. The Balaban J connectivity index is 2.09. The first-order valence-electron chi connectivity index (χ1n) is 6.64. The number of nitrogens with two attached hydrogens (primary N) is 1. The normalized spacial score (nSPS) is 16.7.